The fourth-order valence-corrected chi connectivity index (χ4v) is 1.79. The van der Waals surface area contributed by atoms with Gasteiger partial charge in [0.15, 0.2) is 0 Å². The summed E-state index contributed by atoms with van der Waals surface area (Å²) >= 11 is 3.21. The third-order valence-corrected chi connectivity index (χ3v) is 2.79. The molecule has 5 heteroatoms. The number of benzene rings is 1. The van der Waals surface area contributed by atoms with Gasteiger partial charge in [-0.15, -0.1) is 0 Å². The monoisotopic (exact) mass is 302 g/mol. The van der Waals surface area contributed by atoms with Gasteiger partial charge in [-0.1, -0.05) is 22.0 Å². The highest BCUT2D eigenvalue weighted by atomic mass is 79.9. The zero-order valence-electron chi connectivity index (χ0n) is 9.72. The topological polar surface area (TPSA) is 41.1 Å². The molecule has 0 spiro atoms. The van der Waals surface area contributed by atoms with E-state index >= 15 is 0 Å². The highest BCUT2D eigenvalue weighted by molar-refractivity contribution is 9.10. The van der Waals surface area contributed by atoms with Crippen LogP contribution in [-0.4, -0.2) is 26.0 Å². The maximum absolute atomic E-state index is 13.4. The Kier molecular flexibility index (Phi) is 6.15. The SMILES string of the molecule is CNCC(=O)NCCCc1ccc(Br)cc1F. The lowest BCUT2D eigenvalue weighted by Gasteiger charge is -2.06. The Hall–Kier alpha value is -0.940. The largest absolute Gasteiger partial charge is 0.355 e. The van der Waals surface area contributed by atoms with Crippen LogP contribution in [-0.2, 0) is 11.2 Å². The highest BCUT2D eigenvalue weighted by Gasteiger charge is 2.03. The van der Waals surface area contributed by atoms with Gasteiger partial charge < -0.3 is 10.6 Å². The quantitative estimate of drug-likeness (QED) is 0.788. The molecule has 0 aliphatic carbocycles. The summed E-state index contributed by atoms with van der Waals surface area (Å²) in [6, 6.07) is 5.03. The maximum Gasteiger partial charge on any atom is 0.233 e. The number of carbonyl (C=O) groups excluding carboxylic acids is 1. The third-order valence-electron chi connectivity index (χ3n) is 2.30. The van der Waals surface area contributed by atoms with E-state index in [2.05, 4.69) is 26.6 Å². The number of aryl methyl sites for hydroxylation is 1. The first kappa shape index (κ1) is 14.1. The van der Waals surface area contributed by atoms with Crippen molar-refractivity contribution in [1.82, 2.24) is 10.6 Å². The predicted octanol–water partition coefficient (Wildman–Crippen LogP) is 1.86. The summed E-state index contributed by atoms with van der Waals surface area (Å²) in [6.07, 6.45) is 1.35. The molecule has 0 atom stereocenters. The average molecular weight is 303 g/mol. The summed E-state index contributed by atoms with van der Waals surface area (Å²) in [6.45, 7) is 0.878. The molecule has 0 saturated heterocycles. The lowest BCUT2D eigenvalue weighted by Crippen LogP contribution is -2.32. The normalized spacial score (nSPS) is 10.3. The average Bonchev–Trinajstić information content (AvgIpc) is 2.27. The van der Waals surface area contributed by atoms with Gasteiger partial charge in [0.2, 0.25) is 5.91 Å². The molecule has 0 fully saturated rings. The Bertz CT molecular complexity index is 385. The molecular formula is C12H16BrFN2O. The molecule has 0 aliphatic rings. The molecule has 0 saturated carbocycles. The zero-order chi connectivity index (χ0) is 12.7. The number of amides is 1. The number of halogens is 2. The van der Waals surface area contributed by atoms with E-state index in [1.54, 1.807) is 13.1 Å². The Morgan fingerprint density at radius 2 is 2.24 bits per heavy atom. The smallest absolute Gasteiger partial charge is 0.233 e. The van der Waals surface area contributed by atoms with Crippen molar-refractivity contribution < 1.29 is 9.18 Å². The molecular weight excluding hydrogens is 287 g/mol. The molecule has 3 nitrogen and oxygen atoms in total. The molecule has 0 unspecified atom stereocenters. The highest BCUT2D eigenvalue weighted by Crippen LogP contribution is 2.16. The molecule has 2 N–H and O–H groups in total. The van der Waals surface area contributed by atoms with Crippen LogP contribution in [0.5, 0.6) is 0 Å². The first-order chi connectivity index (χ1) is 8.13. The Balaban J connectivity index is 2.29. The van der Waals surface area contributed by atoms with Crippen molar-refractivity contribution in [2.75, 3.05) is 20.1 Å². The van der Waals surface area contributed by atoms with Gasteiger partial charge in [0.1, 0.15) is 5.82 Å². The maximum atomic E-state index is 13.4. The van der Waals surface area contributed by atoms with Crippen molar-refractivity contribution in [1.29, 1.82) is 0 Å². The predicted molar refractivity (Wildman–Crippen MR) is 69.4 cm³/mol. The second kappa shape index (κ2) is 7.40. The minimum atomic E-state index is -0.207. The second-order valence-corrected chi connectivity index (χ2v) is 4.64. The molecule has 0 bridgehead atoms. The summed E-state index contributed by atoms with van der Waals surface area (Å²) < 4.78 is 14.2. The van der Waals surface area contributed by atoms with E-state index in [-0.39, 0.29) is 11.7 Å². The molecule has 1 aromatic rings. The van der Waals surface area contributed by atoms with Gasteiger partial charge in [-0.05, 0) is 37.6 Å². The van der Waals surface area contributed by atoms with Crippen LogP contribution in [0, 0.1) is 5.82 Å². The first-order valence-electron chi connectivity index (χ1n) is 5.48. The minimum absolute atomic E-state index is 0.0382. The molecule has 1 amide bonds. The summed E-state index contributed by atoms with van der Waals surface area (Å²) in [4.78, 5) is 11.1. The number of hydrogen-bond acceptors (Lipinski definition) is 2. The van der Waals surface area contributed by atoms with E-state index in [1.807, 2.05) is 6.07 Å². The third kappa shape index (κ3) is 5.28. The zero-order valence-corrected chi connectivity index (χ0v) is 11.3. The van der Waals surface area contributed by atoms with Crippen molar-refractivity contribution in [3.05, 3.63) is 34.1 Å². The van der Waals surface area contributed by atoms with Crippen LogP contribution >= 0.6 is 15.9 Å². The molecule has 94 valence electrons. The van der Waals surface area contributed by atoms with Crippen molar-refractivity contribution in [3.8, 4) is 0 Å². The number of carbonyl (C=O) groups is 1. The molecule has 0 aromatic heterocycles. The van der Waals surface area contributed by atoms with Gasteiger partial charge in [0.25, 0.3) is 0 Å². The Morgan fingerprint density at radius 1 is 1.47 bits per heavy atom. The van der Waals surface area contributed by atoms with Crippen LogP contribution in [0.3, 0.4) is 0 Å². The van der Waals surface area contributed by atoms with Crippen LogP contribution in [0.2, 0.25) is 0 Å². The molecule has 0 radical (unpaired) electrons. The molecule has 0 heterocycles. The minimum Gasteiger partial charge on any atom is -0.355 e. The summed E-state index contributed by atoms with van der Waals surface area (Å²) in [5.41, 5.74) is 0.677. The van der Waals surface area contributed by atoms with Gasteiger partial charge in [0.05, 0.1) is 6.54 Å². The molecule has 1 rings (SSSR count). The van der Waals surface area contributed by atoms with Crippen LogP contribution in [0.4, 0.5) is 4.39 Å². The molecule has 1 aromatic carbocycles. The van der Waals surface area contributed by atoms with Crippen molar-refractivity contribution in [3.63, 3.8) is 0 Å². The van der Waals surface area contributed by atoms with Gasteiger partial charge in [0, 0.05) is 11.0 Å². The van der Waals surface area contributed by atoms with Crippen molar-refractivity contribution >= 4 is 21.8 Å². The first-order valence-corrected chi connectivity index (χ1v) is 6.28. The number of likely N-dealkylation sites (N-methyl/N-ethyl adjacent to an activating group) is 1. The number of nitrogens with one attached hydrogen (secondary N) is 2. The van der Waals surface area contributed by atoms with Gasteiger partial charge in [-0.3, -0.25) is 4.79 Å². The lowest BCUT2D eigenvalue weighted by molar-refractivity contribution is -0.120. The van der Waals surface area contributed by atoms with Crippen LogP contribution in [0.1, 0.15) is 12.0 Å². The van der Waals surface area contributed by atoms with E-state index in [0.717, 1.165) is 10.9 Å². The lowest BCUT2D eigenvalue weighted by atomic mass is 10.1. The molecule has 17 heavy (non-hydrogen) atoms. The van der Waals surface area contributed by atoms with Crippen LogP contribution in [0.25, 0.3) is 0 Å². The van der Waals surface area contributed by atoms with Gasteiger partial charge >= 0.3 is 0 Å². The standard InChI is InChI=1S/C12H16BrFN2O/c1-15-8-12(17)16-6-2-3-9-4-5-10(13)7-11(9)14/h4-5,7,15H,2-3,6,8H2,1H3,(H,16,17). The van der Waals surface area contributed by atoms with E-state index < -0.39 is 0 Å². The summed E-state index contributed by atoms with van der Waals surface area (Å²) in [5, 5.41) is 5.52. The molecule has 0 aliphatic heterocycles. The Labute approximate surface area is 109 Å². The van der Waals surface area contributed by atoms with Gasteiger partial charge in [-0.25, -0.2) is 4.39 Å². The Morgan fingerprint density at radius 3 is 2.88 bits per heavy atom. The number of rotatable bonds is 6. The van der Waals surface area contributed by atoms with E-state index in [0.29, 0.717) is 25.1 Å². The summed E-state index contributed by atoms with van der Waals surface area (Å²) in [7, 11) is 1.72. The van der Waals surface area contributed by atoms with Crippen LogP contribution in [0.15, 0.2) is 22.7 Å². The summed E-state index contributed by atoms with van der Waals surface area (Å²) in [5.74, 6) is -0.246. The van der Waals surface area contributed by atoms with Crippen molar-refractivity contribution in [2.24, 2.45) is 0 Å². The van der Waals surface area contributed by atoms with Crippen molar-refractivity contribution in [2.45, 2.75) is 12.8 Å². The van der Waals surface area contributed by atoms with E-state index in [9.17, 15) is 9.18 Å². The van der Waals surface area contributed by atoms with E-state index in [4.69, 9.17) is 0 Å². The fraction of sp³-hybridized carbons (Fsp3) is 0.417. The fourth-order valence-electron chi connectivity index (χ4n) is 1.45. The van der Waals surface area contributed by atoms with Crippen LogP contribution < -0.4 is 10.6 Å². The number of hydrogen-bond donors (Lipinski definition) is 2. The second-order valence-electron chi connectivity index (χ2n) is 3.72. The van der Waals surface area contributed by atoms with E-state index in [1.165, 1.54) is 6.07 Å². The van der Waals surface area contributed by atoms with Gasteiger partial charge in [-0.2, -0.15) is 0 Å².